The highest BCUT2D eigenvalue weighted by atomic mass is 127. The Kier molecular flexibility index (Phi) is 3.49. The van der Waals surface area contributed by atoms with Crippen LogP contribution in [0.2, 0.25) is 0 Å². The fourth-order valence-corrected chi connectivity index (χ4v) is 2.18. The molecule has 2 rings (SSSR count). The molecule has 0 saturated carbocycles. The summed E-state index contributed by atoms with van der Waals surface area (Å²) in [5.41, 5.74) is 5.08. The number of hydrogen-bond donors (Lipinski definition) is 0. The average molecular weight is 323 g/mol. The zero-order valence-electron chi connectivity index (χ0n) is 9.44. The average Bonchev–Trinajstić information content (AvgIpc) is 2.33. The molecule has 2 heteroatoms. The summed E-state index contributed by atoms with van der Waals surface area (Å²) in [4.78, 5) is 0. The highest BCUT2D eigenvalue weighted by molar-refractivity contribution is 14.1. The molecule has 0 saturated heterocycles. The molecular weight excluding hydrogens is 309 g/mol. The van der Waals surface area contributed by atoms with Gasteiger partial charge in [-0.2, -0.15) is 0 Å². The molecule has 0 heterocycles. The third-order valence-corrected chi connectivity index (χ3v) is 3.81. The number of rotatable bonds is 2. The molecule has 0 spiro atoms. The van der Waals surface area contributed by atoms with Crippen molar-refractivity contribution < 1.29 is 0 Å². The van der Waals surface area contributed by atoms with Gasteiger partial charge in [0.05, 0.1) is 34.2 Å². The summed E-state index contributed by atoms with van der Waals surface area (Å²) in [6.45, 7) is 4.29. The van der Waals surface area contributed by atoms with Crippen LogP contribution in [0.15, 0.2) is 48.5 Å². The van der Waals surface area contributed by atoms with Gasteiger partial charge in [0.15, 0.2) is 0 Å². The molecule has 0 unspecified atom stereocenters. The van der Waals surface area contributed by atoms with Crippen molar-refractivity contribution in [1.29, 1.82) is 0 Å². The van der Waals surface area contributed by atoms with Gasteiger partial charge in [-0.1, -0.05) is 24.3 Å². The van der Waals surface area contributed by atoms with E-state index in [4.69, 9.17) is 0 Å². The molecule has 0 aliphatic rings. The highest BCUT2D eigenvalue weighted by Crippen LogP contribution is 2.30. The Hall–Kier alpha value is -1.03. The summed E-state index contributed by atoms with van der Waals surface area (Å²) in [5, 5.41) is 0. The summed E-state index contributed by atoms with van der Waals surface area (Å²) in [7, 11) is 0. The minimum atomic E-state index is 1.20. The maximum Gasteiger partial charge on any atom is 0.0646 e. The minimum Gasteiger partial charge on any atom is -0.283 e. The lowest BCUT2D eigenvalue weighted by atomic mass is 10.1. The molecule has 0 amide bonds. The van der Waals surface area contributed by atoms with Crippen LogP contribution in [0, 0.1) is 13.8 Å². The van der Waals surface area contributed by atoms with Gasteiger partial charge >= 0.3 is 0 Å². The normalized spacial score (nSPS) is 10.2. The monoisotopic (exact) mass is 323 g/mol. The van der Waals surface area contributed by atoms with Gasteiger partial charge in [0.25, 0.3) is 0 Å². The molecule has 2 aromatic carbocycles. The van der Waals surface area contributed by atoms with E-state index in [-0.39, 0.29) is 0 Å². The van der Waals surface area contributed by atoms with Crippen LogP contribution in [0.3, 0.4) is 0 Å². The molecule has 82 valence electrons. The van der Waals surface area contributed by atoms with Crippen LogP contribution in [-0.4, -0.2) is 0 Å². The number of para-hydroxylation sites is 1. The van der Waals surface area contributed by atoms with Crippen LogP contribution >= 0.6 is 22.9 Å². The molecule has 0 bridgehead atoms. The van der Waals surface area contributed by atoms with Gasteiger partial charge < -0.3 is 0 Å². The Morgan fingerprint density at radius 3 is 2.12 bits per heavy atom. The molecule has 0 fully saturated rings. The van der Waals surface area contributed by atoms with Crippen molar-refractivity contribution in [3.05, 3.63) is 59.7 Å². The Morgan fingerprint density at radius 1 is 0.812 bits per heavy atom. The van der Waals surface area contributed by atoms with E-state index in [0.717, 1.165) is 0 Å². The molecule has 0 atom stereocenters. The van der Waals surface area contributed by atoms with Crippen LogP contribution in [0.25, 0.3) is 0 Å². The molecule has 2 aromatic rings. The van der Waals surface area contributed by atoms with E-state index >= 15 is 0 Å². The zero-order valence-corrected chi connectivity index (χ0v) is 11.6. The highest BCUT2D eigenvalue weighted by Gasteiger charge is 2.05. The molecule has 16 heavy (non-hydrogen) atoms. The van der Waals surface area contributed by atoms with E-state index in [1.807, 2.05) is 6.07 Å². The number of hydrogen-bond acceptors (Lipinski definition) is 1. The quantitative estimate of drug-likeness (QED) is 0.567. The third kappa shape index (κ3) is 2.38. The van der Waals surface area contributed by atoms with Crippen LogP contribution in [0.5, 0.6) is 0 Å². The van der Waals surface area contributed by atoms with E-state index < -0.39 is 0 Å². The second kappa shape index (κ2) is 4.87. The number of anilines is 2. The van der Waals surface area contributed by atoms with Crippen molar-refractivity contribution in [2.24, 2.45) is 0 Å². The van der Waals surface area contributed by atoms with Crippen molar-refractivity contribution in [3.63, 3.8) is 0 Å². The second-order valence-electron chi connectivity index (χ2n) is 3.88. The number of halogens is 1. The first kappa shape index (κ1) is 11.5. The number of benzene rings is 2. The standard InChI is InChI=1S/C14H14IN/c1-11-8-9-14(10-12(11)2)16(15)13-6-4-3-5-7-13/h3-10H,1-2H3. The minimum absolute atomic E-state index is 1.20. The summed E-state index contributed by atoms with van der Waals surface area (Å²) >= 11 is 2.33. The lowest BCUT2D eigenvalue weighted by Crippen LogP contribution is -2.00. The molecular formula is C14H14IN. The van der Waals surface area contributed by atoms with Crippen LogP contribution in [0.1, 0.15) is 11.1 Å². The topological polar surface area (TPSA) is 3.24 Å². The van der Waals surface area contributed by atoms with Gasteiger partial charge in [-0.15, -0.1) is 0 Å². The SMILES string of the molecule is Cc1ccc(N(I)c2ccccc2)cc1C. The fraction of sp³-hybridized carbons (Fsp3) is 0.143. The van der Waals surface area contributed by atoms with Gasteiger partial charge in [-0.05, 0) is 49.2 Å². The second-order valence-corrected chi connectivity index (χ2v) is 4.85. The van der Waals surface area contributed by atoms with Gasteiger partial charge in [0, 0.05) is 0 Å². The third-order valence-electron chi connectivity index (χ3n) is 2.70. The summed E-state index contributed by atoms with van der Waals surface area (Å²) in [6.07, 6.45) is 0. The largest absolute Gasteiger partial charge is 0.283 e. The van der Waals surface area contributed by atoms with Gasteiger partial charge in [-0.25, -0.2) is 0 Å². The molecule has 0 aliphatic heterocycles. The van der Waals surface area contributed by atoms with Crippen LogP contribution in [0.4, 0.5) is 11.4 Å². The first-order valence-corrected chi connectivity index (χ1v) is 6.23. The van der Waals surface area contributed by atoms with E-state index in [1.165, 1.54) is 22.5 Å². The summed E-state index contributed by atoms with van der Waals surface area (Å²) < 4.78 is 2.17. The van der Waals surface area contributed by atoms with E-state index in [0.29, 0.717) is 0 Å². The maximum atomic E-state index is 2.33. The van der Waals surface area contributed by atoms with Gasteiger partial charge in [0.2, 0.25) is 0 Å². The Balaban J connectivity index is 2.34. The van der Waals surface area contributed by atoms with Crippen molar-refractivity contribution in [2.45, 2.75) is 13.8 Å². The van der Waals surface area contributed by atoms with Gasteiger partial charge in [-0.3, -0.25) is 3.11 Å². The lowest BCUT2D eigenvalue weighted by molar-refractivity contribution is 1.32. The van der Waals surface area contributed by atoms with E-state index in [2.05, 4.69) is 82.3 Å². The van der Waals surface area contributed by atoms with Crippen molar-refractivity contribution >= 4 is 34.2 Å². The van der Waals surface area contributed by atoms with E-state index in [1.54, 1.807) is 0 Å². The van der Waals surface area contributed by atoms with Crippen molar-refractivity contribution in [3.8, 4) is 0 Å². The number of nitrogens with zero attached hydrogens (tertiary/aromatic N) is 1. The van der Waals surface area contributed by atoms with Crippen LogP contribution < -0.4 is 3.11 Å². The van der Waals surface area contributed by atoms with Crippen LogP contribution in [-0.2, 0) is 0 Å². The van der Waals surface area contributed by atoms with Crippen molar-refractivity contribution in [1.82, 2.24) is 0 Å². The molecule has 0 radical (unpaired) electrons. The molecule has 0 aliphatic carbocycles. The van der Waals surface area contributed by atoms with Gasteiger partial charge in [0.1, 0.15) is 0 Å². The first-order valence-electron chi connectivity index (χ1n) is 5.26. The molecule has 1 nitrogen and oxygen atoms in total. The molecule has 0 N–H and O–H groups in total. The Bertz CT molecular complexity index is 479. The predicted octanol–water partition coefficient (Wildman–Crippen LogP) is 4.79. The Labute approximate surface area is 111 Å². The number of aryl methyl sites for hydroxylation is 2. The summed E-state index contributed by atoms with van der Waals surface area (Å²) in [5.74, 6) is 0. The lowest BCUT2D eigenvalue weighted by Gasteiger charge is -2.17. The fourth-order valence-electron chi connectivity index (χ4n) is 1.56. The summed E-state index contributed by atoms with van der Waals surface area (Å²) in [6, 6.07) is 16.9. The Morgan fingerprint density at radius 2 is 1.50 bits per heavy atom. The zero-order chi connectivity index (χ0) is 11.5. The predicted molar refractivity (Wildman–Crippen MR) is 78.5 cm³/mol. The smallest absolute Gasteiger partial charge is 0.0646 e. The van der Waals surface area contributed by atoms with Crippen molar-refractivity contribution in [2.75, 3.05) is 3.11 Å². The first-order chi connectivity index (χ1) is 7.68. The van der Waals surface area contributed by atoms with E-state index in [9.17, 15) is 0 Å². The molecule has 0 aromatic heterocycles. The maximum absolute atomic E-state index is 2.33.